The number of nitrogens with zero attached hydrogens (tertiary/aromatic N) is 3. The van der Waals surface area contributed by atoms with E-state index in [1.807, 2.05) is 29.7 Å². The molecule has 0 atom stereocenters. The summed E-state index contributed by atoms with van der Waals surface area (Å²) in [5, 5.41) is 17.5. The first kappa shape index (κ1) is 13.6. The number of aromatic nitrogens is 3. The van der Waals surface area contributed by atoms with Crippen LogP contribution in [0.15, 0.2) is 29.4 Å². The van der Waals surface area contributed by atoms with Crippen LogP contribution in [0.3, 0.4) is 0 Å². The number of carboxylic acids is 1. The molecular weight excluding hydrogens is 262 g/mol. The van der Waals surface area contributed by atoms with Gasteiger partial charge < -0.3 is 5.11 Å². The van der Waals surface area contributed by atoms with Gasteiger partial charge in [0.25, 0.3) is 0 Å². The first-order chi connectivity index (χ1) is 9.13. The van der Waals surface area contributed by atoms with Gasteiger partial charge in [0, 0.05) is 0 Å². The lowest BCUT2D eigenvalue weighted by molar-refractivity contribution is -0.133. The summed E-state index contributed by atoms with van der Waals surface area (Å²) in [5.41, 5.74) is 2.20. The maximum absolute atomic E-state index is 10.7. The molecule has 1 N–H and O–H groups in total. The molecule has 0 saturated heterocycles. The van der Waals surface area contributed by atoms with Crippen LogP contribution in [0, 0.1) is 6.92 Å². The summed E-state index contributed by atoms with van der Waals surface area (Å²) in [6.45, 7) is 3.95. The first-order valence-electron chi connectivity index (χ1n) is 5.98. The number of aliphatic carboxylic acids is 1. The van der Waals surface area contributed by atoms with Gasteiger partial charge in [0.2, 0.25) is 0 Å². The molecule has 0 unspecified atom stereocenters. The van der Waals surface area contributed by atoms with E-state index in [4.69, 9.17) is 5.11 Å². The Labute approximate surface area is 115 Å². The maximum Gasteiger partial charge on any atom is 0.313 e. The van der Waals surface area contributed by atoms with Crippen molar-refractivity contribution in [1.82, 2.24) is 14.8 Å². The fraction of sp³-hybridized carbons (Fsp3) is 0.308. The number of thioether (sulfide) groups is 1. The molecule has 100 valence electrons. The van der Waals surface area contributed by atoms with Gasteiger partial charge in [-0.1, -0.05) is 36.9 Å². The van der Waals surface area contributed by atoms with Crippen molar-refractivity contribution in [1.29, 1.82) is 0 Å². The minimum Gasteiger partial charge on any atom is -0.481 e. The van der Waals surface area contributed by atoms with Crippen LogP contribution in [-0.2, 0) is 11.2 Å². The molecule has 0 aliphatic heterocycles. The summed E-state index contributed by atoms with van der Waals surface area (Å²) in [6, 6.07) is 8.01. The van der Waals surface area contributed by atoms with E-state index < -0.39 is 5.97 Å². The summed E-state index contributed by atoms with van der Waals surface area (Å²) in [7, 11) is 0. The van der Waals surface area contributed by atoms with E-state index in [0.29, 0.717) is 5.16 Å². The zero-order valence-corrected chi connectivity index (χ0v) is 11.6. The van der Waals surface area contributed by atoms with Gasteiger partial charge in [0.05, 0.1) is 11.4 Å². The van der Waals surface area contributed by atoms with Gasteiger partial charge in [-0.05, 0) is 25.0 Å². The Kier molecular flexibility index (Phi) is 4.21. The van der Waals surface area contributed by atoms with Crippen LogP contribution in [0.5, 0.6) is 0 Å². The molecule has 0 fully saturated rings. The van der Waals surface area contributed by atoms with Crippen LogP contribution in [0.1, 0.15) is 18.3 Å². The highest BCUT2D eigenvalue weighted by molar-refractivity contribution is 7.99. The molecule has 0 spiro atoms. The van der Waals surface area contributed by atoms with E-state index >= 15 is 0 Å². The van der Waals surface area contributed by atoms with Gasteiger partial charge in [-0.25, -0.2) is 0 Å². The SMILES string of the molecule is CCc1ccccc1-n1c(C)nnc1SCC(=O)O. The lowest BCUT2D eigenvalue weighted by atomic mass is 10.1. The maximum atomic E-state index is 10.7. The van der Waals surface area contributed by atoms with Gasteiger partial charge >= 0.3 is 5.97 Å². The molecule has 19 heavy (non-hydrogen) atoms. The van der Waals surface area contributed by atoms with Crippen LogP contribution in [0.25, 0.3) is 5.69 Å². The largest absolute Gasteiger partial charge is 0.481 e. The predicted molar refractivity (Wildman–Crippen MR) is 73.8 cm³/mol. The van der Waals surface area contributed by atoms with E-state index in [1.54, 1.807) is 0 Å². The van der Waals surface area contributed by atoms with E-state index in [9.17, 15) is 4.79 Å². The number of rotatable bonds is 5. The summed E-state index contributed by atoms with van der Waals surface area (Å²) in [6.07, 6.45) is 0.900. The zero-order valence-electron chi connectivity index (χ0n) is 10.8. The van der Waals surface area contributed by atoms with Gasteiger partial charge in [0.15, 0.2) is 5.16 Å². The Balaban J connectivity index is 2.43. The van der Waals surface area contributed by atoms with E-state index in [2.05, 4.69) is 23.2 Å². The molecule has 0 amide bonds. The third kappa shape index (κ3) is 2.96. The second-order valence-electron chi connectivity index (χ2n) is 4.03. The van der Waals surface area contributed by atoms with Crippen molar-refractivity contribution in [2.45, 2.75) is 25.4 Å². The Morgan fingerprint density at radius 3 is 2.79 bits per heavy atom. The van der Waals surface area contributed by atoms with E-state index in [1.165, 1.54) is 17.3 Å². The first-order valence-corrected chi connectivity index (χ1v) is 6.97. The fourth-order valence-corrected chi connectivity index (χ4v) is 2.58. The fourth-order valence-electron chi connectivity index (χ4n) is 1.87. The number of benzene rings is 1. The van der Waals surface area contributed by atoms with Crippen LogP contribution in [0.4, 0.5) is 0 Å². The van der Waals surface area contributed by atoms with Crippen molar-refractivity contribution >= 4 is 17.7 Å². The minimum absolute atomic E-state index is 0.0214. The molecule has 0 aliphatic carbocycles. The standard InChI is InChI=1S/C13H15N3O2S/c1-3-10-6-4-5-7-11(10)16-9(2)14-15-13(16)19-8-12(17)18/h4-7H,3,8H2,1-2H3,(H,17,18). The highest BCUT2D eigenvalue weighted by atomic mass is 32.2. The highest BCUT2D eigenvalue weighted by Gasteiger charge is 2.14. The van der Waals surface area contributed by atoms with Crippen molar-refractivity contribution in [3.05, 3.63) is 35.7 Å². The summed E-state index contributed by atoms with van der Waals surface area (Å²) in [4.78, 5) is 10.7. The van der Waals surface area contributed by atoms with Crippen molar-refractivity contribution < 1.29 is 9.90 Å². The molecule has 6 heteroatoms. The Bertz CT molecular complexity index is 595. The lowest BCUT2D eigenvalue weighted by Gasteiger charge is -2.11. The Morgan fingerprint density at radius 2 is 2.11 bits per heavy atom. The van der Waals surface area contributed by atoms with Gasteiger partial charge in [-0.15, -0.1) is 10.2 Å². The summed E-state index contributed by atoms with van der Waals surface area (Å²) in [5.74, 6) is -0.123. The van der Waals surface area contributed by atoms with E-state index in [0.717, 1.165) is 17.9 Å². The average molecular weight is 277 g/mol. The van der Waals surface area contributed by atoms with Crippen LogP contribution >= 0.6 is 11.8 Å². The summed E-state index contributed by atoms with van der Waals surface area (Å²) < 4.78 is 1.91. The molecule has 1 aromatic carbocycles. The number of hydrogen-bond acceptors (Lipinski definition) is 4. The van der Waals surface area contributed by atoms with Gasteiger partial charge in [-0.2, -0.15) is 0 Å². The van der Waals surface area contributed by atoms with Crippen molar-refractivity contribution in [3.8, 4) is 5.69 Å². The zero-order chi connectivity index (χ0) is 13.8. The smallest absolute Gasteiger partial charge is 0.313 e. The third-order valence-corrected chi connectivity index (χ3v) is 3.65. The molecule has 2 aromatic rings. The number of carbonyl (C=O) groups is 1. The molecular formula is C13H15N3O2S. The van der Waals surface area contributed by atoms with Crippen LogP contribution in [-0.4, -0.2) is 31.6 Å². The molecule has 1 heterocycles. The molecule has 1 aromatic heterocycles. The second kappa shape index (κ2) is 5.88. The van der Waals surface area contributed by atoms with Crippen LogP contribution < -0.4 is 0 Å². The second-order valence-corrected chi connectivity index (χ2v) is 4.97. The van der Waals surface area contributed by atoms with Crippen LogP contribution in [0.2, 0.25) is 0 Å². The predicted octanol–water partition coefficient (Wildman–Crippen LogP) is 2.31. The quantitative estimate of drug-likeness (QED) is 0.849. The minimum atomic E-state index is -0.860. The molecule has 0 aliphatic rings. The number of aryl methyl sites for hydroxylation is 2. The number of carboxylic acid groups (broad SMARTS) is 1. The average Bonchev–Trinajstić information content (AvgIpc) is 2.77. The van der Waals surface area contributed by atoms with Crippen molar-refractivity contribution in [2.75, 3.05) is 5.75 Å². The molecule has 0 bridgehead atoms. The number of para-hydroxylation sites is 1. The molecule has 0 saturated carbocycles. The van der Waals surface area contributed by atoms with Gasteiger partial charge in [-0.3, -0.25) is 9.36 Å². The monoisotopic (exact) mass is 277 g/mol. The van der Waals surface area contributed by atoms with Gasteiger partial charge in [0.1, 0.15) is 5.82 Å². The Morgan fingerprint density at radius 1 is 1.37 bits per heavy atom. The lowest BCUT2D eigenvalue weighted by Crippen LogP contribution is -2.05. The van der Waals surface area contributed by atoms with E-state index in [-0.39, 0.29) is 5.75 Å². The van der Waals surface area contributed by atoms with Crippen molar-refractivity contribution in [2.24, 2.45) is 0 Å². The normalized spacial score (nSPS) is 10.6. The summed E-state index contributed by atoms with van der Waals surface area (Å²) >= 11 is 1.18. The van der Waals surface area contributed by atoms with Crippen molar-refractivity contribution in [3.63, 3.8) is 0 Å². The molecule has 0 radical (unpaired) electrons. The highest BCUT2D eigenvalue weighted by Crippen LogP contribution is 2.24. The Hall–Kier alpha value is -1.82. The number of hydrogen-bond donors (Lipinski definition) is 1. The molecule has 5 nitrogen and oxygen atoms in total. The third-order valence-electron chi connectivity index (χ3n) is 2.73. The topological polar surface area (TPSA) is 68.0 Å². The molecule has 2 rings (SSSR count).